The van der Waals surface area contributed by atoms with E-state index in [4.69, 9.17) is 11.1 Å². The molecule has 0 saturated carbocycles. The second-order valence-corrected chi connectivity index (χ2v) is 4.09. The van der Waals surface area contributed by atoms with Gasteiger partial charge in [-0.2, -0.15) is 0 Å². The maximum Gasteiger partial charge on any atom is 0.151 e. The van der Waals surface area contributed by atoms with Crippen LogP contribution in [0.25, 0.3) is 0 Å². The van der Waals surface area contributed by atoms with Crippen LogP contribution in [0.1, 0.15) is 11.1 Å². The van der Waals surface area contributed by atoms with Crippen LogP contribution in [0.3, 0.4) is 0 Å². The highest BCUT2D eigenvalue weighted by Gasteiger charge is 1.94. The number of nitrogens with one attached hydrogen (secondary N) is 1. The molecule has 0 atom stereocenters. The Morgan fingerprint density at radius 3 is 2.92 bits per heavy atom. The van der Waals surface area contributed by atoms with E-state index in [0.29, 0.717) is 0 Å². The zero-order chi connectivity index (χ0) is 9.68. The van der Waals surface area contributed by atoms with Crippen molar-refractivity contribution in [1.29, 1.82) is 5.41 Å². The fourth-order valence-corrected chi connectivity index (χ4v) is 1.70. The van der Waals surface area contributed by atoms with Crippen molar-refractivity contribution in [3.8, 4) is 0 Å². The van der Waals surface area contributed by atoms with E-state index in [-0.39, 0.29) is 5.17 Å². The second-order valence-electron chi connectivity index (χ2n) is 2.95. The lowest BCUT2D eigenvalue weighted by atomic mass is 10.1. The van der Waals surface area contributed by atoms with Crippen molar-refractivity contribution in [3.05, 3.63) is 35.4 Å². The van der Waals surface area contributed by atoms with E-state index < -0.39 is 0 Å². The van der Waals surface area contributed by atoms with Gasteiger partial charge in [0, 0.05) is 5.75 Å². The summed E-state index contributed by atoms with van der Waals surface area (Å²) in [6, 6.07) is 8.42. The zero-order valence-corrected chi connectivity index (χ0v) is 8.53. The summed E-state index contributed by atoms with van der Waals surface area (Å²) < 4.78 is 0. The zero-order valence-electron chi connectivity index (χ0n) is 7.71. The first kappa shape index (κ1) is 10.1. The SMILES string of the molecule is Cc1cccc(CCSC(=N)N)c1. The van der Waals surface area contributed by atoms with Crippen LogP contribution in [0.15, 0.2) is 24.3 Å². The van der Waals surface area contributed by atoms with Gasteiger partial charge in [0.2, 0.25) is 0 Å². The largest absolute Gasteiger partial charge is 0.379 e. The van der Waals surface area contributed by atoms with Crippen molar-refractivity contribution in [3.63, 3.8) is 0 Å². The highest BCUT2D eigenvalue weighted by atomic mass is 32.2. The number of amidine groups is 1. The molecule has 0 fully saturated rings. The van der Waals surface area contributed by atoms with E-state index >= 15 is 0 Å². The highest BCUT2D eigenvalue weighted by molar-refractivity contribution is 8.13. The Kier molecular flexibility index (Phi) is 3.83. The summed E-state index contributed by atoms with van der Waals surface area (Å²) in [5.74, 6) is 0.888. The highest BCUT2D eigenvalue weighted by Crippen LogP contribution is 2.08. The van der Waals surface area contributed by atoms with Gasteiger partial charge in [-0.25, -0.2) is 0 Å². The first-order valence-electron chi connectivity index (χ1n) is 4.21. The summed E-state index contributed by atoms with van der Waals surface area (Å²) in [7, 11) is 0. The van der Waals surface area contributed by atoms with Crippen LogP contribution in [0.4, 0.5) is 0 Å². The second kappa shape index (κ2) is 4.92. The van der Waals surface area contributed by atoms with Crippen LogP contribution < -0.4 is 5.73 Å². The van der Waals surface area contributed by atoms with Crippen LogP contribution in [-0.4, -0.2) is 10.9 Å². The van der Waals surface area contributed by atoms with Gasteiger partial charge in [-0.15, -0.1) is 0 Å². The summed E-state index contributed by atoms with van der Waals surface area (Å²) in [5.41, 5.74) is 7.83. The minimum absolute atomic E-state index is 0.202. The Morgan fingerprint density at radius 2 is 2.31 bits per heavy atom. The molecule has 0 unspecified atom stereocenters. The third-order valence-electron chi connectivity index (χ3n) is 1.73. The van der Waals surface area contributed by atoms with Gasteiger partial charge in [-0.1, -0.05) is 41.6 Å². The summed E-state index contributed by atoms with van der Waals surface area (Å²) in [6.07, 6.45) is 0.978. The van der Waals surface area contributed by atoms with E-state index in [1.807, 2.05) is 0 Å². The van der Waals surface area contributed by atoms with Gasteiger partial charge in [0.1, 0.15) is 0 Å². The van der Waals surface area contributed by atoms with Gasteiger partial charge in [-0.05, 0) is 18.9 Å². The maximum absolute atomic E-state index is 7.04. The topological polar surface area (TPSA) is 49.9 Å². The molecule has 0 amide bonds. The molecule has 0 bridgehead atoms. The standard InChI is InChI=1S/C10H14N2S/c1-8-3-2-4-9(7-8)5-6-13-10(11)12/h2-4,7H,5-6H2,1H3,(H3,11,12). The fourth-order valence-electron chi connectivity index (χ4n) is 1.15. The summed E-state index contributed by atoms with van der Waals surface area (Å²) in [5, 5.41) is 7.24. The third-order valence-corrected chi connectivity index (χ3v) is 2.45. The van der Waals surface area contributed by atoms with E-state index in [1.165, 1.54) is 22.9 Å². The molecular formula is C10H14N2S. The molecule has 0 radical (unpaired) electrons. The average molecular weight is 194 g/mol. The summed E-state index contributed by atoms with van der Waals surface area (Å²) in [6.45, 7) is 2.08. The Morgan fingerprint density at radius 1 is 1.54 bits per heavy atom. The molecule has 3 heteroatoms. The molecule has 70 valence electrons. The van der Waals surface area contributed by atoms with Crippen molar-refractivity contribution in [1.82, 2.24) is 0 Å². The molecule has 1 rings (SSSR count). The predicted molar refractivity (Wildman–Crippen MR) is 59.3 cm³/mol. The molecular weight excluding hydrogens is 180 g/mol. The Labute approximate surface area is 83.0 Å². The Balaban J connectivity index is 2.41. The molecule has 0 spiro atoms. The monoisotopic (exact) mass is 194 g/mol. The molecule has 3 N–H and O–H groups in total. The van der Waals surface area contributed by atoms with Crippen molar-refractivity contribution in [2.45, 2.75) is 13.3 Å². The van der Waals surface area contributed by atoms with Crippen molar-refractivity contribution >= 4 is 16.9 Å². The summed E-state index contributed by atoms with van der Waals surface area (Å²) >= 11 is 1.39. The van der Waals surface area contributed by atoms with Crippen LogP contribution in [0.5, 0.6) is 0 Å². The lowest BCUT2D eigenvalue weighted by Gasteiger charge is -2.01. The molecule has 0 aromatic heterocycles. The summed E-state index contributed by atoms with van der Waals surface area (Å²) in [4.78, 5) is 0. The number of thioether (sulfide) groups is 1. The molecule has 1 aromatic carbocycles. The minimum atomic E-state index is 0.202. The van der Waals surface area contributed by atoms with Gasteiger partial charge in [0.25, 0.3) is 0 Å². The van der Waals surface area contributed by atoms with Crippen molar-refractivity contribution in [2.24, 2.45) is 5.73 Å². The molecule has 13 heavy (non-hydrogen) atoms. The van der Waals surface area contributed by atoms with Crippen LogP contribution >= 0.6 is 11.8 Å². The van der Waals surface area contributed by atoms with E-state index in [2.05, 4.69) is 31.2 Å². The molecule has 0 saturated heterocycles. The average Bonchev–Trinajstić information content (AvgIpc) is 2.03. The van der Waals surface area contributed by atoms with Gasteiger partial charge < -0.3 is 5.73 Å². The van der Waals surface area contributed by atoms with E-state index in [9.17, 15) is 0 Å². The Bertz CT molecular complexity index is 297. The fraction of sp³-hybridized carbons (Fsp3) is 0.300. The van der Waals surface area contributed by atoms with Gasteiger partial charge in [-0.3, -0.25) is 5.41 Å². The molecule has 1 aromatic rings. The molecule has 2 nitrogen and oxygen atoms in total. The van der Waals surface area contributed by atoms with Crippen LogP contribution in [0, 0.1) is 12.3 Å². The number of aryl methyl sites for hydroxylation is 2. The maximum atomic E-state index is 7.04. The number of benzene rings is 1. The van der Waals surface area contributed by atoms with E-state index in [1.54, 1.807) is 0 Å². The molecule has 0 aliphatic heterocycles. The van der Waals surface area contributed by atoms with Gasteiger partial charge >= 0.3 is 0 Å². The van der Waals surface area contributed by atoms with Gasteiger partial charge in [0.15, 0.2) is 5.17 Å². The van der Waals surface area contributed by atoms with Crippen LogP contribution in [-0.2, 0) is 6.42 Å². The lowest BCUT2D eigenvalue weighted by Crippen LogP contribution is -2.05. The number of hydrogen-bond acceptors (Lipinski definition) is 2. The minimum Gasteiger partial charge on any atom is -0.379 e. The van der Waals surface area contributed by atoms with Gasteiger partial charge in [0.05, 0.1) is 0 Å². The molecule has 0 heterocycles. The molecule has 0 aliphatic carbocycles. The normalized spacial score (nSPS) is 9.92. The number of nitrogens with two attached hydrogens (primary N) is 1. The molecule has 0 aliphatic rings. The third kappa shape index (κ3) is 3.99. The number of hydrogen-bond donors (Lipinski definition) is 2. The van der Waals surface area contributed by atoms with Crippen LogP contribution in [0.2, 0.25) is 0 Å². The van der Waals surface area contributed by atoms with Crippen molar-refractivity contribution < 1.29 is 0 Å². The Hall–Kier alpha value is -0.960. The number of rotatable bonds is 3. The van der Waals surface area contributed by atoms with Crippen molar-refractivity contribution in [2.75, 3.05) is 5.75 Å². The lowest BCUT2D eigenvalue weighted by molar-refractivity contribution is 1.15. The van der Waals surface area contributed by atoms with E-state index in [0.717, 1.165) is 12.2 Å². The quantitative estimate of drug-likeness (QED) is 0.572. The first-order valence-corrected chi connectivity index (χ1v) is 5.19. The smallest absolute Gasteiger partial charge is 0.151 e. The predicted octanol–water partition coefficient (Wildman–Crippen LogP) is 2.16. The first-order chi connectivity index (χ1) is 6.18.